The predicted molar refractivity (Wildman–Crippen MR) is 77.8 cm³/mol. The van der Waals surface area contributed by atoms with Crippen LogP contribution in [-0.2, 0) is 0 Å². The summed E-state index contributed by atoms with van der Waals surface area (Å²) in [7, 11) is 0. The number of hydrogen-bond acceptors (Lipinski definition) is 2. The molecule has 0 saturated carbocycles. The Morgan fingerprint density at radius 3 is 2.71 bits per heavy atom. The Hall–Kier alpha value is -1.15. The molecule has 0 amide bonds. The van der Waals surface area contributed by atoms with Gasteiger partial charge in [0, 0.05) is 22.9 Å². The summed E-state index contributed by atoms with van der Waals surface area (Å²) in [5, 5.41) is 6.36. The lowest BCUT2D eigenvalue weighted by molar-refractivity contribution is 0.600. The molecule has 0 aromatic heterocycles. The number of rotatable bonds is 2. The van der Waals surface area contributed by atoms with E-state index in [-0.39, 0.29) is 0 Å². The van der Waals surface area contributed by atoms with Gasteiger partial charge in [0.05, 0.1) is 0 Å². The first-order chi connectivity index (χ1) is 8.34. The van der Waals surface area contributed by atoms with Crippen LogP contribution in [0.25, 0.3) is 10.8 Å². The fourth-order valence-electron chi connectivity index (χ4n) is 2.40. The first-order valence-corrected chi connectivity index (χ1v) is 7.32. The van der Waals surface area contributed by atoms with Crippen LogP contribution in [0, 0.1) is 5.92 Å². The SMILES string of the molecule is CC1CSCC1Nc1cccc2ccccc12. The van der Waals surface area contributed by atoms with E-state index in [1.54, 1.807) is 0 Å². The number of hydrogen-bond donors (Lipinski definition) is 1. The molecule has 1 nitrogen and oxygen atoms in total. The summed E-state index contributed by atoms with van der Waals surface area (Å²) < 4.78 is 0. The highest BCUT2D eigenvalue weighted by Gasteiger charge is 2.23. The van der Waals surface area contributed by atoms with Gasteiger partial charge in [-0.05, 0) is 23.1 Å². The second kappa shape index (κ2) is 4.61. The Kier molecular flexibility index (Phi) is 2.98. The van der Waals surface area contributed by atoms with Gasteiger partial charge < -0.3 is 5.32 Å². The van der Waals surface area contributed by atoms with Crippen LogP contribution in [0.4, 0.5) is 5.69 Å². The van der Waals surface area contributed by atoms with Gasteiger partial charge in [0.15, 0.2) is 0 Å². The van der Waals surface area contributed by atoms with Crippen LogP contribution in [0.15, 0.2) is 42.5 Å². The van der Waals surface area contributed by atoms with E-state index in [4.69, 9.17) is 0 Å². The van der Waals surface area contributed by atoms with Gasteiger partial charge in [0.1, 0.15) is 0 Å². The highest BCUT2D eigenvalue weighted by molar-refractivity contribution is 7.99. The van der Waals surface area contributed by atoms with Gasteiger partial charge in [-0.25, -0.2) is 0 Å². The van der Waals surface area contributed by atoms with Crippen LogP contribution in [0.2, 0.25) is 0 Å². The molecule has 3 rings (SSSR count). The quantitative estimate of drug-likeness (QED) is 0.855. The molecule has 2 unspecified atom stereocenters. The second-order valence-electron chi connectivity index (χ2n) is 4.79. The lowest BCUT2D eigenvalue weighted by atomic mass is 10.0. The first kappa shape index (κ1) is 11.0. The van der Waals surface area contributed by atoms with E-state index in [1.807, 2.05) is 0 Å². The van der Waals surface area contributed by atoms with Gasteiger partial charge in [-0.1, -0.05) is 43.3 Å². The molecule has 0 aliphatic carbocycles. The lowest BCUT2D eigenvalue weighted by Gasteiger charge is -2.19. The summed E-state index contributed by atoms with van der Waals surface area (Å²) in [4.78, 5) is 0. The van der Waals surface area contributed by atoms with Gasteiger partial charge in [-0.15, -0.1) is 0 Å². The number of anilines is 1. The fourth-order valence-corrected chi connectivity index (χ4v) is 3.80. The highest BCUT2D eigenvalue weighted by Crippen LogP contribution is 2.29. The Morgan fingerprint density at radius 1 is 1.06 bits per heavy atom. The molecule has 0 bridgehead atoms. The minimum atomic E-state index is 0.616. The fraction of sp³-hybridized carbons (Fsp3) is 0.333. The summed E-state index contributed by atoms with van der Waals surface area (Å²) in [6.45, 7) is 2.34. The van der Waals surface area contributed by atoms with E-state index in [1.165, 1.54) is 28.0 Å². The molecule has 1 aliphatic rings. The van der Waals surface area contributed by atoms with Gasteiger partial charge in [0.25, 0.3) is 0 Å². The zero-order valence-corrected chi connectivity index (χ0v) is 10.8. The zero-order valence-electron chi connectivity index (χ0n) is 10.0. The summed E-state index contributed by atoms with van der Waals surface area (Å²) in [5.74, 6) is 3.27. The van der Waals surface area contributed by atoms with Crippen molar-refractivity contribution in [2.24, 2.45) is 5.92 Å². The molecular weight excluding hydrogens is 226 g/mol. The summed E-state index contributed by atoms with van der Waals surface area (Å²) in [5.41, 5.74) is 1.28. The van der Waals surface area contributed by atoms with Crippen LogP contribution in [0.1, 0.15) is 6.92 Å². The first-order valence-electron chi connectivity index (χ1n) is 6.16. The molecule has 2 atom stereocenters. The topological polar surface area (TPSA) is 12.0 Å². The molecule has 17 heavy (non-hydrogen) atoms. The minimum Gasteiger partial charge on any atom is -0.381 e. The molecule has 1 heterocycles. The van der Waals surface area contributed by atoms with Gasteiger partial charge in [-0.3, -0.25) is 0 Å². The summed E-state index contributed by atoms with van der Waals surface area (Å²) in [6.07, 6.45) is 0. The molecule has 2 heteroatoms. The van der Waals surface area contributed by atoms with Crippen molar-refractivity contribution in [1.29, 1.82) is 0 Å². The maximum absolute atomic E-state index is 3.71. The molecule has 0 spiro atoms. The third kappa shape index (κ3) is 2.14. The molecule has 88 valence electrons. The Labute approximate surface area is 107 Å². The Balaban J connectivity index is 1.94. The van der Waals surface area contributed by atoms with Crippen LogP contribution < -0.4 is 5.32 Å². The average Bonchev–Trinajstić information content (AvgIpc) is 2.76. The second-order valence-corrected chi connectivity index (χ2v) is 5.87. The van der Waals surface area contributed by atoms with E-state index in [2.05, 4.69) is 66.5 Å². The number of nitrogens with one attached hydrogen (secondary N) is 1. The van der Waals surface area contributed by atoms with E-state index in [0.29, 0.717) is 6.04 Å². The smallest absolute Gasteiger partial charge is 0.0422 e. The van der Waals surface area contributed by atoms with Gasteiger partial charge in [-0.2, -0.15) is 11.8 Å². The monoisotopic (exact) mass is 243 g/mol. The zero-order chi connectivity index (χ0) is 11.7. The van der Waals surface area contributed by atoms with Crippen molar-refractivity contribution in [3.8, 4) is 0 Å². The molecule has 1 saturated heterocycles. The molecule has 1 fully saturated rings. The highest BCUT2D eigenvalue weighted by atomic mass is 32.2. The summed E-state index contributed by atoms with van der Waals surface area (Å²) >= 11 is 2.05. The molecule has 0 radical (unpaired) electrons. The Bertz CT molecular complexity index is 518. The van der Waals surface area contributed by atoms with Crippen molar-refractivity contribution in [2.45, 2.75) is 13.0 Å². The number of benzene rings is 2. The van der Waals surface area contributed by atoms with Gasteiger partial charge in [0.2, 0.25) is 0 Å². The minimum absolute atomic E-state index is 0.616. The molecular formula is C15H17NS. The Morgan fingerprint density at radius 2 is 1.88 bits per heavy atom. The maximum atomic E-state index is 3.71. The maximum Gasteiger partial charge on any atom is 0.0422 e. The lowest BCUT2D eigenvalue weighted by Crippen LogP contribution is -2.25. The number of thioether (sulfide) groups is 1. The van der Waals surface area contributed by atoms with Crippen molar-refractivity contribution in [1.82, 2.24) is 0 Å². The normalized spacial score (nSPS) is 24.1. The molecule has 1 N–H and O–H groups in total. The van der Waals surface area contributed by atoms with Crippen molar-refractivity contribution < 1.29 is 0 Å². The van der Waals surface area contributed by atoms with E-state index in [9.17, 15) is 0 Å². The van der Waals surface area contributed by atoms with Crippen molar-refractivity contribution in [2.75, 3.05) is 16.8 Å². The van der Waals surface area contributed by atoms with Crippen LogP contribution >= 0.6 is 11.8 Å². The van der Waals surface area contributed by atoms with E-state index in [0.717, 1.165) is 5.92 Å². The van der Waals surface area contributed by atoms with E-state index >= 15 is 0 Å². The standard InChI is InChI=1S/C15H17NS/c1-11-9-17-10-15(11)16-14-8-4-6-12-5-2-3-7-13(12)14/h2-8,11,15-16H,9-10H2,1H3. The third-order valence-electron chi connectivity index (χ3n) is 3.50. The largest absolute Gasteiger partial charge is 0.381 e. The molecule has 2 aromatic carbocycles. The van der Waals surface area contributed by atoms with Crippen LogP contribution in [-0.4, -0.2) is 17.5 Å². The van der Waals surface area contributed by atoms with Gasteiger partial charge >= 0.3 is 0 Å². The van der Waals surface area contributed by atoms with Crippen LogP contribution in [0.5, 0.6) is 0 Å². The molecule has 2 aromatic rings. The van der Waals surface area contributed by atoms with Crippen molar-refractivity contribution in [3.63, 3.8) is 0 Å². The third-order valence-corrected chi connectivity index (χ3v) is 4.85. The van der Waals surface area contributed by atoms with Crippen LogP contribution in [0.3, 0.4) is 0 Å². The van der Waals surface area contributed by atoms with Crippen molar-refractivity contribution >= 4 is 28.2 Å². The number of fused-ring (bicyclic) bond motifs is 1. The average molecular weight is 243 g/mol. The summed E-state index contributed by atoms with van der Waals surface area (Å²) in [6, 6.07) is 15.7. The van der Waals surface area contributed by atoms with E-state index < -0.39 is 0 Å². The molecule has 1 aliphatic heterocycles. The van der Waals surface area contributed by atoms with Crippen molar-refractivity contribution in [3.05, 3.63) is 42.5 Å². The predicted octanol–water partition coefficient (Wildman–Crippen LogP) is 4.00.